The second-order valence-electron chi connectivity index (χ2n) is 4.93. The highest BCUT2D eigenvalue weighted by molar-refractivity contribution is 5.26. The minimum Gasteiger partial charge on any atom is -0.393 e. The largest absolute Gasteiger partial charge is 0.393 e. The van der Waals surface area contributed by atoms with Crippen LogP contribution in [0.1, 0.15) is 49.1 Å². The topological polar surface area (TPSA) is 20.2 Å². The van der Waals surface area contributed by atoms with Gasteiger partial charge >= 0.3 is 0 Å². The molecule has 0 amide bonds. The van der Waals surface area contributed by atoms with Crippen LogP contribution in [0.15, 0.2) is 18.2 Å². The first-order valence-electron chi connectivity index (χ1n) is 6.10. The molecule has 0 aromatic heterocycles. The highest BCUT2D eigenvalue weighted by Crippen LogP contribution is 2.32. The summed E-state index contributed by atoms with van der Waals surface area (Å²) in [6.45, 7) is 1.92. The van der Waals surface area contributed by atoms with E-state index in [2.05, 4.69) is 0 Å². The van der Waals surface area contributed by atoms with E-state index in [0.29, 0.717) is 5.92 Å². The Morgan fingerprint density at radius 1 is 1.19 bits per heavy atom. The molecular formula is C14H19FO. The van der Waals surface area contributed by atoms with Gasteiger partial charge < -0.3 is 5.11 Å². The van der Waals surface area contributed by atoms with Gasteiger partial charge in [0.15, 0.2) is 0 Å². The van der Waals surface area contributed by atoms with Gasteiger partial charge in [0.05, 0.1) is 6.10 Å². The quantitative estimate of drug-likeness (QED) is 0.720. The number of rotatable bonds is 1. The lowest BCUT2D eigenvalue weighted by molar-refractivity contribution is 0.152. The van der Waals surface area contributed by atoms with Crippen LogP contribution in [0.25, 0.3) is 0 Å². The first-order valence-corrected chi connectivity index (χ1v) is 6.10. The zero-order valence-electron chi connectivity index (χ0n) is 9.75. The van der Waals surface area contributed by atoms with Crippen molar-refractivity contribution in [3.8, 4) is 0 Å². The molecule has 0 heterocycles. The van der Waals surface area contributed by atoms with E-state index in [1.165, 1.54) is 0 Å². The molecule has 0 aliphatic heterocycles. The molecule has 1 nitrogen and oxygen atoms in total. The molecule has 1 aromatic carbocycles. The molecule has 1 saturated carbocycles. The molecule has 16 heavy (non-hydrogen) atoms. The number of aliphatic hydroxyl groups is 1. The summed E-state index contributed by atoms with van der Waals surface area (Å²) in [7, 11) is 0. The van der Waals surface area contributed by atoms with Crippen LogP contribution in [0.3, 0.4) is 0 Å². The Morgan fingerprint density at radius 3 is 2.69 bits per heavy atom. The molecular weight excluding hydrogens is 203 g/mol. The van der Waals surface area contributed by atoms with E-state index in [-0.39, 0.29) is 11.9 Å². The summed E-state index contributed by atoms with van der Waals surface area (Å²) in [5.41, 5.74) is 2.02. The van der Waals surface area contributed by atoms with Crippen molar-refractivity contribution in [2.45, 2.75) is 51.0 Å². The normalized spacial score (nSPS) is 26.4. The van der Waals surface area contributed by atoms with Crippen LogP contribution >= 0.6 is 0 Å². The zero-order chi connectivity index (χ0) is 11.5. The summed E-state index contributed by atoms with van der Waals surface area (Å²) in [5, 5.41) is 9.77. The van der Waals surface area contributed by atoms with Crippen molar-refractivity contribution in [3.63, 3.8) is 0 Å². The highest BCUT2D eigenvalue weighted by atomic mass is 19.1. The van der Waals surface area contributed by atoms with Gasteiger partial charge in [0.2, 0.25) is 0 Å². The number of hydrogen-bond acceptors (Lipinski definition) is 1. The fourth-order valence-corrected chi connectivity index (χ4v) is 2.64. The van der Waals surface area contributed by atoms with Crippen molar-refractivity contribution in [1.82, 2.24) is 0 Å². The lowest BCUT2D eigenvalue weighted by atomic mass is 9.90. The second kappa shape index (κ2) is 4.96. The maximum atomic E-state index is 13.3. The number of aliphatic hydroxyl groups excluding tert-OH is 1. The van der Waals surface area contributed by atoms with Crippen molar-refractivity contribution in [2.75, 3.05) is 0 Å². The van der Waals surface area contributed by atoms with Crippen molar-refractivity contribution < 1.29 is 9.50 Å². The van der Waals surface area contributed by atoms with Gasteiger partial charge in [-0.25, -0.2) is 4.39 Å². The first kappa shape index (κ1) is 11.6. The Bertz CT molecular complexity index is 342. The van der Waals surface area contributed by atoms with Gasteiger partial charge in [-0.1, -0.05) is 18.9 Å². The second-order valence-corrected chi connectivity index (χ2v) is 4.93. The summed E-state index contributed by atoms with van der Waals surface area (Å²) >= 11 is 0. The summed E-state index contributed by atoms with van der Waals surface area (Å²) in [5.74, 6) is 0.167. The Balaban J connectivity index is 2.21. The van der Waals surface area contributed by atoms with Gasteiger partial charge in [-0.05, 0) is 55.4 Å². The van der Waals surface area contributed by atoms with E-state index in [9.17, 15) is 9.50 Å². The number of halogens is 1. The average molecular weight is 222 g/mol. The van der Waals surface area contributed by atoms with Gasteiger partial charge in [-0.2, -0.15) is 0 Å². The third-order valence-corrected chi connectivity index (χ3v) is 3.43. The molecule has 1 aromatic rings. The van der Waals surface area contributed by atoms with Crippen LogP contribution in [-0.2, 0) is 0 Å². The molecule has 1 N–H and O–H groups in total. The fourth-order valence-electron chi connectivity index (χ4n) is 2.64. The Labute approximate surface area is 96.3 Å². The molecule has 1 aliphatic rings. The molecule has 0 saturated heterocycles. The predicted molar refractivity (Wildman–Crippen MR) is 63.0 cm³/mol. The molecule has 2 heteroatoms. The maximum Gasteiger partial charge on any atom is 0.123 e. The van der Waals surface area contributed by atoms with Crippen molar-refractivity contribution >= 4 is 0 Å². The molecule has 0 radical (unpaired) electrons. The standard InChI is InChI=1S/C14H19FO/c1-10-6-12(8-13(15)7-10)11-4-2-3-5-14(16)9-11/h6-8,11,14,16H,2-5,9H2,1H3. The van der Waals surface area contributed by atoms with E-state index in [0.717, 1.165) is 43.2 Å². The average Bonchev–Trinajstić information content (AvgIpc) is 2.41. The minimum absolute atomic E-state index is 0.159. The van der Waals surface area contributed by atoms with Gasteiger partial charge in [0, 0.05) is 0 Å². The van der Waals surface area contributed by atoms with E-state index in [4.69, 9.17) is 0 Å². The summed E-state index contributed by atoms with van der Waals surface area (Å²) in [4.78, 5) is 0. The zero-order valence-corrected chi connectivity index (χ0v) is 9.75. The first-order chi connectivity index (χ1) is 7.65. The SMILES string of the molecule is Cc1cc(F)cc(C2CCCCC(O)C2)c1. The third-order valence-electron chi connectivity index (χ3n) is 3.43. The lowest BCUT2D eigenvalue weighted by Crippen LogP contribution is -2.09. The Hall–Kier alpha value is -0.890. The lowest BCUT2D eigenvalue weighted by Gasteiger charge is -2.17. The van der Waals surface area contributed by atoms with E-state index < -0.39 is 0 Å². The molecule has 1 fully saturated rings. The third kappa shape index (κ3) is 2.82. The minimum atomic E-state index is -0.212. The van der Waals surface area contributed by atoms with Crippen molar-refractivity contribution in [3.05, 3.63) is 35.1 Å². The van der Waals surface area contributed by atoms with Gasteiger partial charge in [0.25, 0.3) is 0 Å². The molecule has 1 aliphatic carbocycles. The van der Waals surface area contributed by atoms with Crippen LogP contribution in [0.5, 0.6) is 0 Å². The summed E-state index contributed by atoms with van der Waals surface area (Å²) < 4.78 is 13.3. The van der Waals surface area contributed by atoms with Gasteiger partial charge in [-0.3, -0.25) is 0 Å². The van der Waals surface area contributed by atoms with Crippen LogP contribution in [0.4, 0.5) is 4.39 Å². The molecule has 2 unspecified atom stereocenters. The van der Waals surface area contributed by atoms with Crippen LogP contribution in [0, 0.1) is 12.7 Å². The van der Waals surface area contributed by atoms with Crippen molar-refractivity contribution in [1.29, 1.82) is 0 Å². The number of hydrogen-bond donors (Lipinski definition) is 1. The molecule has 88 valence electrons. The number of benzene rings is 1. The van der Waals surface area contributed by atoms with Crippen LogP contribution in [-0.4, -0.2) is 11.2 Å². The van der Waals surface area contributed by atoms with Gasteiger partial charge in [0.1, 0.15) is 5.82 Å². The van der Waals surface area contributed by atoms with Crippen LogP contribution < -0.4 is 0 Å². The summed E-state index contributed by atoms with van der Waals surface area (Å²) in [6.07, 6.45) is 4.76. The molecule has 2 atom stereocenters. The Kier molecular flexibility index (Phi) is 3.59. The van der Waals surface area contributed by atoms with E-state index in [1.54, 1.807) is 12.1 Å². The summed E-state index contributed by atoms with van der Waals surface area (Å²) in [6, 6.07) is 5.22. The predicted octanol–water partition coefficient (Wildman–Crippen LogP) is 3.54. The fraction of sp³-hybridized carbons (Fsp3) is 0.571. The maximum absolute atomic E-state index is 13.3. The monoisotopic (exact) mass is 222 g/mol. The molecule has 0 spiro atoms. The Morgan fingerprint density at radius 2 is 1.94 bits per heavy atom. The van der Waals surface area contributed by atoms with Gasteiger partial charge in [-0.15, -0.1) is 0 Å². The van der Waals surface area contributed by atoms with Crippen molar-refractivity contribution in [2.24, 2.45) is 0 Å². The number of aryl methyl sites for hydroxylation is 1. The van der Waals surface area contributed by atoms with E-state index >= 15 is 0 Å². The van der Waals surface area contributed by atoms with Crippen LogP contribution in [0.2, 0.25) is 0 Å². The molecule has 2 rings (SSSR count). The van der Waals surface area contributed by atoms with E-state index in [1.807, 2.05) is 13.0 Å². The smallest absolute Gasteiger partial charge is 0.123 e. The highest BCUT2D eigenvalue weighted by Gasteiger charge is 2.20. The molecule has 0 bridgehead atoms.